The molecule has 114 valence electrons. The van der Waals surface area contributed by atoms with E-state index in [1.807, 2.05) is 31.2 Å². The van der Waals surface area contributed by atoms with Crippen LogP contribution in [0.2, 0.25) is 0 Å². The number of aryl methyl sites for hydroxylation is 2. The molecule has 0 saturated carbocycles. The molecule has 23 heavy (non-hydrogen) atoms. The monoisotopic (exact) mass is 304 g/mol. The zero-order chi connectivity index (χ0) is 16.0. The number of furan rings is 1. The topological polar surface area (TPSA) is 69.3 Å². The molecule has 0 bridgehead atoms. The van der Waals surface area contributed by atoms with E-state index in [4.69, 9.17) is 10.2 Å². The van der Waals surface area contributed by atoms with Gasteiger partial charge in [0, 0.05) is 0 Å². The van der Waals surface area contributed by atoms with Crippen LogP contribution in [-0.2, 0) is 0 Å². The van der Waals surface area contributed by atoms with E-state index in [1.54, 1.807) is 4.52 Å². The average molecular weight is 304 g/mol. The van der Waals surface area contributed by atoms with Crippen molar-refractivity contribution < 1.29 is 4.42 Å². The van der Waals surface area contributed by atoms with Gasteiger partial charge in [-0.15, -0.1) is 5.10 Å². The molecule has 0 unspecified atom stereocenters. The molecule has 5 nitrogen and oxygen atoms in total. The second kappa shape index (κ2) is 4.98. The lowest BCUT2D eigenvalue weighted by molar-refractivity contribution is 0.544. The van der Waals surface area contributed by atoms with Gasteiger partial charge in [0.25, 0.3) is 0 Å². The lowest BCUT2D eigenvalue weighted by atomic mass is 10.1. The van der Waals surface area contributed by atoms with Crippen LogP contribution < -0.4 is 5.73 Å². The van der Waals surface area contributed by atoms with E-state index in [-0.39, 0.29) is 0 Å². The third kappa shape index (κ3) is 2.36. The summed E-state index contributed by atoms with van der Waals surface area (Å²) in [4.78, 5) is 4.54. The van der Waals surface area contributed by atoms with Gasteiger partial charge in [-0.1, -0.05) is 29.8 Å². The first-order valence-corrected chi connectivity index (χ1v) is 7.40. The predicted octanol–water partition coefficient (Wildman–Crippen LogP) is 3.86. The van der Waals surface area contributed by atoms with E-state index in [0.29, 0.717) is 23.0 Å². The van der Waals surface area contributed by atoms with Crippen molar-refractivity contribution in [2.75, 3.05) is 5.73 Å². The first-order valence-electron chi connectivity index (χ1n) is 7.40. The summed E-state index contributed by atoms with van der Waals surface area (Å²) in [6.07, 6.45) is 0. The van der Waals surface area contributed by atoms with Crippen molar-refractivity contribution in [3.63, 3.8) is 0 Å². The maximum absolute atomic E-state index is 6.15. The Morgan fingerprint density at radius 3 is 2.43 bits per heavy atom. The first-order chi connectivity index (χ1) is 11.1. The molecule has 4 rings (SSSR count). The molecule has 0 aliphatic heterocycles. The number of hydrogen-bond acceptors (Lipinski definition) is 4. The lowest BCUT2D eigenvalue weighted by Crippen LogP contribution is -1.99. The summed E-state index contributed by atoms with van der Waals surface area (Å²) in [6.45, 7) is 3.96. The zero-order valence-corrected chi connectivity index (χ0v) is 12.9. The number of nitrogen functional groups attached to an aromatic ring is 1. The number of rotatable bonds is 2. The summed E-state index contributed by atoms with van der Waals surface area (Å²) in [5.41, 5.74) is 10.2. The highest BCUT2D eigenvalue weighted by Gasteiger charge is 2.13. The molecule has 3 aromatic heterocycles. The van der Waals surface area contributed by atoms with E-state index in [2.05, 4.69) is 41.3 Å². The maximum atomic E-state index is 6.15. The smallest absolute Gasteiger partial charge is 0.217 e. The summed E-state index contributed by atoms with van der Waals surface area (Å²) < 4.78 is 7.22. The van der Waals surface area contributed by atoms with Crippen molar-refractivity contribution in [3.05, 3.63) is 59.9 Å². The number of benzene rings is 1. The van der Waals surface area contributed by atoms with Gasteiger partial charge < -0.3 is 10.2 Å². The van der Waals surface area contributed by atoms with Crippen LogP contribution in [0.4, 0.5) is 5.82 Å². The maximum Gasteiger partial charge on any atom is 0.217 e. The Morgan fingerprint density at radius 1 is 0.957 bits per heavy atom. The molecule has 0 saturated heterocycles. The Kier molecular flexibility index (Phi) is 2.94. The average Bonchev–Trinajstić information content (AvgIpc) is 3.14. The molecule has 0 spiro atoms. The van der Waals surface area contributed by atoms with Crippen LogP contribution in [-0.4, -0.2) is 14.6 Å². The molecule has 0 fully saturated rings. The number of hydrogen-bond donors (Lipinski definition) is 1. The fourth-order valence-electron chi connectivity index (χ4n) is 2.58. The largest absolute Gasteiger partial charge is 0.458 e. The Balaban J connectivity index is 1.85. The summed E-state index contributed by atoms with van der Waals surface area (Å²) in [5.74, 6) is 2.54. The van der Waals surface area contributed by atoms with E-state index in [1.165, 1.54) is 5.56 Å². The van der Waals surface area contributed by atoms with Crippen molar-refractivity contribution in [2.45, 2.75) is 13.8 Å². The van der Waals surface area contributed by atoms with Gasteiger partial charge in [0.1, 0.15) is 11.6 Å². The molecule has 1 aromatic carbocycles. The van der Waals surface area contributed by atoms with Gasteiger partial charge in [-0.3, -0.25) is 0 Å². The van der Waals surface area contributed by atoms with Crippen LogP contribution in [0.25, 0.3) is 28.4 Å². The predicted molar refractivity (Wildman–Crippen MR) is 90.0 cm³/mol. The third-order valence-corrected chi connectivity index (χ3v) is 3.81. The Labute approximate surface area is 133 Å². The summed E-state index contributed by atoms with van der Waals surface area (Å²) >= 11 is 0. The highest BCUT2D eigenvalue weighted by atomic mass is 16.3. The molecular formula is C18H16N4O. The first kappa shape index (κ1) is 13.6. The molecule has 0 atom stereocenters. The number of nitrogens with zero attached hydrogens (tertiary/aromatic N) is 3. The van der Waals surface area contributed by atoms with Gasteiger partial charge >= 0.3 is 0 Å². The van der Waals surface area contributed by atoms with Gasteiger partial charge in [0.05, 0.1) is 0 Å². The second-order valence-corrected chi connectivity index (χ2v) is 5.65. The van der Waals surface area contributed by atoms with Crippen LogP contribution in [0.1, 0.15) is 11.3 Å². The summed E-state index contributed by atoms with van der Waals surface area (Å²) in [7, 11) is 0. The van der Waals surface area contributed by atoms with E-state index >= 15 is 0 Å². The van der Waals surface area contributed by atoms with Crippen LogP contribution in [0.15, 0.2) is 52.9 Å². The van der Waals surface area contributed by atoms with Crippen molar-refractivity contribution in [1.82, 2.24) is 14.6 Å². The minimum atomic E-state index is 0.533. The quantitative estimate of drug-likeness (QED) is 0.610. The number of anilines is 1. The van der Waals surface area contributed by atoms with E-state index < -0.39 is 0 Å². The number of fused-ring (bicyclic) bond motifs is 1. The van der Waals surface area contributed by atoms with Crippen molar-refractivity contribution in [3.8, 4) is 22.7 Å². The Morgan fingerprint density at radius 2 is 1.74 bits per heavy atom. The van der Waals surface area contributed by atoms with Gasteiger partial charge in [0.15, 0.2) is 11.4 Å². The van der Waals surface area contributed by atoms with Crippen LogP contribution in [0.3, 0.4) is 0 Å². The highest BCUT2D eigenvalue weighted by molar-refractivity contribution is 5.72. The minimum absolute atomic E-state index is 0.533. The summed E-state index contributed by atoms with van der Waals surface area (Å²) in [5, 5.41) is 4.43. The van der Waals surface area contributed by atoms with E-state index in [9.17, 15) is 0 Å². The van der Waals surface area contributed by atoms with Crippen molar-refractivity contribution in [2.24, 2.45) is 0 Å². The molecule has 3 heterocycles. The zero-order valence-electron chi connectivity index (χ0n) is 12.9. The Bertz CT molecular complexity index is 996. The van der Waals surface area contributed by atoms with Crippen molar-refractivity contribution >= 4 is 11.5 Å². The van der Waals surface area contributed by atoms with Crippen LogP contribution >= 0.6 is 0 Å². The van der Waals surface area contributed by atoms with E-state index in [0.717, 1.165) is 16.9 Å². The van der Waals surface area contributed by atoms with Gasteiger partial charge in [-0.25, -0.2) is 4.98 Å². The van der Waals surface area contributed by atoms with Crippen molar-refractivity contribution in [1.29, 1.82) is 0 Å². The standard InChI is InChI=1S/C18H16N4O/c1-11-3-6-13(7-4-11)14-9-16(19)22-17(10-14)20-18(21-22)15-8-5-12(2)23-15/h3-10H,19H2,1-2H3. The summed E-state index contributed by atoms with van der Waals surface area (Å²) in [6, 6.07) is 16.0. The molecule has 0 aliphatic rings. The molecule has 5 heteroatoms. The van der Waals surface area contributed by atoms with Gasteiger partial charge in [0.2, 0.25) is 5.82 Å². The minimum Gasteiger partial charge on any atom is -0.458 e. The molecular weight excluding hydrogens is 288 g/mol. The SMILES string of the molecule is Cc1ccc(-c2cc(N)n3nc(-c4ccc(C)o4)nc3c2)cc1. The fraction of sp³-hybridized carbons (Fsp3) is 0.111. The molecule has 0 amide bonds. The normalized spacial score (nSPS) is 11.2. The third-order valence-electron chi connectivity index (χ3n) is 3.81. The fourth-order valence-corrected chi connectivity index (χ4v) is 2.58. The number of aromatic nitrogens is 3. The highest BCUT2D eigenvalue weighted by Crippen LogP contribution is 2.26. The van der Waals surface area contributed by atoms with Crippen LogP contribution in [0, 0.1) is 13.8 Å². The molecule has 4 aromatic rings. The van der Waals surface area contributed by atoms with Gasteiger partial charge in [-0.2, -0.15) is 4.52 Å². The van der Waals surface area contributed by atoms with Gasteiger partial charge in [-0.05, 0) is 49.2 Å². The lowest BCUT2D eigenvalue weighted by Gasteiger charge is -2.05. The van der Waals surface area contributed by atoms with Crippen LogP contribution in [0.5, 0.6) is 0 Å². The Hall–Kier alpha value is -3.08. The molecule has 0 aliphatic carbocycles. The molecule has 0 radical (unpaired) electrons. The molecule has 2 N–H and O–H groups in total. The second-order valence-electron chi connectivity index (χ2n) is 5.65. The number of nitrogens with two attached hydrogens (primary N) is 1. The number of pyridine rings is 1.